The lowest BCUT2D eigenvalue weighted by Crippen LogP contribution is -2.38. The van der Waals surface area contributed by atoms with Gasteiger partial charge < -0.3 is 30.4 Å². The predicted octanol–water partition coefficient (Wildman–Crippen LogP) is 3.05. The van der Waals surface area contributed by atoms with Gasteiger partial charge in [-0.05, 0) is 37.3 Å². The van der Waals surface area contributed by atoms with Gasteiger partial charge in [0.15, 0.2) is 5.13 Å². The Hall–Kier alpha value is -3.91. The number of ether oxygens (including phenoxy) is 1. The molecule has 0 aliphatic heterocycles. The maximum Gasteiger partial charge on any atom is 0.573 e. The molecule has 2 heterocycles. The van der Waals surface area contributed by atoms with Crippen LogP contribution in [0.25, 0.3) is 21.3 Å². The quantitative estimate of drug-likeness (QED) is 0.262. The first-order chi connectivity index (χ1) is 17.0. The number of aliphatic hydroxyl groups excluding tert-OH is 1. The topological polar surface area (TPSA) is 130 Å². The number of anilines is 2. The Morgan fingerprint density at radius 3 is 2.58 bits per heavy atom. The molecule has 190 valence electrons. The highest BCUT2D eigenvalue weighted by Gasteiger charge is 2.31. The molecule has 0 saturated carbocycles. The number of halogens is 3. The van der Waals surface area contributed by atoms with Crippen LogP contribution in [0.5, 0.6) is 5.75 Å². The summed E-state index contributed by atoms with van der Waals surface area (Å²) in [6, 6.07) is 8.88. The fourth-order valence-corrected chi connectivity index (χ4v) is 4.20. The number of hydrogen-bond acceptors (Lipinski definition) is 8. The van der Waals surface area contributed by atoms with Gasteiger partial charge in [-0.1, -0.05) is 11.3 Å². The molecule has 14 heteroatoms. The fourth-order valence-electron chi connectivity index (χ4n) is 3.32. The molecule has 1 atom stereocenters. The molecule has 4 N–H and O–H groups in total. The van der Waals surface area contributed by atoms with Crippen LogP contribution in [0, 0.1) is 0 Å². The molecule has 0 fully saturated rings. The van der Waals surface area contributed by atoms with Crippen LogP contribution in [-0.4, -0.2) is 57.0 Å². The summed E-state index contributed by atoms with van der Waals surface area (Å²) in [5, 5.41) is 17.8. The highest BCUT2D eigenvalue weighted by atomic mass is 32.1. The molecular weight excluding hydrogens is 501 g/mol. The lowest BCUT2D eigenvalue weighted by molar-refractivity contribution is -0.274. The number of alkyl halides is 3. The summed E-state index contributed by atoms with van der Waals surface area (Å²) in [6.07, 6.45) is -5.91. The summed E-state index contributed by atoms with van der Waals surface area (Å²) in [6.45, 7) is 1.69. The molecule has 4 rings (SSSR count). The van der Waals surface area contributed by atoms with Gasteiger partial charge in [0.1, 0.15) is 11.9 Å². The summed E-state index contributed by atoms with van der Waals surface area (Å²) in [4.78, 5) is 32.7. The molecule has 4 aromatic rings. The van der Waals surface area contributed by atoms with E-state index >= 15 is 0 Å². The number of nitrogens with one attached hydrogen (secondary N) is 3. The molecule has 2 amide bonds. The summed E-state index contributed by atoms with van der Waals surface area (Å²) in [7, 11) is 1.77. The van der Waals surface area contributed by atoms with E-state index < -0.39 is 18.4 Å². The van der Waals surface area contributed by atoms with Crippen molar-refractivity contribution in [3.63, 3.8) is 0 Å². The third kappa shape index (κ3) is 5.83. The van der Waals surface area contributed by atoms with Crippen LogP contribution in [0.1, 0.15) is 17.3 Å². The second-order valence-corrected chi connectivity index (χ2v) is 8.77. The maximum absolute atomic E-state index is 12.5. The number of aryl methyl sites for hydroxylation is 1. The highest BCUT2D eigenvalue weighted by molar-refractivity contribution is 7.22. The number of carbonyl (C=O) groups excluding carboxylic acids is 2. The number of fused-ring (bicyclic) bond motifs is 2. The second-order valence-electron chi connectivity index (χ2n) is 7.74. The summed E-state index contributed by atoms with van der Waals surface area (Å²) < 4.78 is 43.7. The van der Waals surface area contributed by atoms with Crippen molar-refractivity contribution in [2.45, 2.75) is 19.4 Å². The number of benzene rings is 2. The molecule has 10 nitrogen and oxygen atoms in total. The lowest BCUT2D eigenvalue weighted by atomic mass is 10.2. The number of aromatic nitrogens is 3. The Morgan fingerprint density at radius 1 is 1.11 bits per heavy atom. The van der Waals surface area contributed by atoms with Gasteiger partial charge in [0.05, 0.1) is 21.3 Å². The molecular formula is C22H21F3N6O4S. The van der Waals surface area contributed by atoms with E-state index in [0.29, 0.717) is 32.4 Å². The zero-order valence-corrected chi connectivity index (χ0v) is 19.8. The van der Waals surface area contributed by atoms with Crippen LogP contribution in [-0.2, 0) is 11.8 Å². The van der Waals surface area contributed by atoms with Gasteiger partial charge in [-0.15, -0.1) is 13.2 Å². The van der Waals surface area contributed by atoms with Crippen LogP contribution < -0.4 is 20.7 Å². The first kappa shape index (κ1) is 25.2. The lowest BCUT2D eigenvalue weighted by Gasteiger charge is -2.08. The molecule has 0 saturated heterocycles. The van der Waals surface area contributed by atoms with Gasteiger partial charge in [-0.2, -0.15) is 0 Å². The smallest absolute Gasteiger partial charge is 0.406 e. The SMILES string of the molecule is C[C@H](O)C(=O)NCCNC(=O)c1ccc2c(c1)nc(Nc1nc3ccc(OC(F)(F)F)cc3s1)n2C. The van der Waals surface area contributed by atoms with Crippen molar-refractivity contribution in [3.05, 3.63) is 42.0 Å². The van der Waals surface area contributed by atoms with Crippen molar-refractivity contribution in [1.29, 1.82) is 0 Å². The maximum atomic E-state index is 12.5. The van der Waals surface area contributed by atoms with Crippen LogP contribution in [0.3, 0.4) is 0 Å². The number of hydrogen-bond donors (Lipinski definition) is 4. The van der Waals surface area contributed by atoms with Crippen LogP contribution in [0.15, 0.2) is 36.4 Å². The summed E-state index contributed by atoms with van der Waals surface area (Å²) >= 11 is 1.14. The van der Waals surface area contributed by atoms with E-state index in [2.05, 4.69) is 30.7 Å². The molecule has 0 aliphatic carbocycles. The van der Waals surface area contributed by atoms with E-state index in [1.807, 2.05) is 0 Å². The van der Waals surface area contributed by atoms with Crippen molar-refractivity contribution >= 4 is 55.5 Å². The standard InChI is InChI=1S/C22H21F3N6O4S/c1-11(32)18(33)26-7-8-27-19(34)12-3-6-16-15(9-12)28-20(31(16)2)30-21-29-14-5-4-13(10-17(14)36-21)35-22(23,24)25/h3-6,9-11,32H,7-8H2,1-2H3,(H,26,33)(H,27,34)(H,28,29,30)/t11-/m0/s1. The molecule has 0 aliphatic rings. The Bertz CT molecular complexity index is 1430. The number of imidazole rings is 1. The van der Waals surface area contributed by atoms with Gasteiger partial charge in [-0.3, -0.25) is 9.59 Å². The number of rotatable bonds is 8. The summed E-state index contributed by atoms with van der Waals surface area (Å²) in [5.74, 6) is -0.785. The van der Waals surface area contributed by atoms with Crippen LogP contribution >= 0.6 is 11.3 Å². The van der Waals surface area contributed by atoms with Crippen molar-refractivity contribution in [3.8, 4) is 5.75 Å². The molecule has 2 aromatic heterocycles. The predicted molar refractivity (Wildman–Crippen MR) is 127 cm³/mol. The molecule has 2 aromatic carbocycles. The Kier molecular flexibility index (Phi) is 6.99. The molecule has 0 spiro atoms. The van der Waals surface area contributed by atoms with E-state index in [-0.39, 0.29) is 24.7 Å². The van der Waals surface area contributed by atoms with Crippen molar-refractivity contribution in [1.82, 2.24) is 25.2 Å². The summed E-state index contributed by atoms with van der Waals surface area (Å²) in [5.41, 5.74) is 2.14. The number of thiazole rings is 1. The Morgan fingerprint density at radius 2 is 1.86 bits per heavy atom. The van der Waals surface area contributed by atoms with Gasteiger partial charge >= 0.3 is 6.36 Å². The molecule has 0 unspecified atom stereocenters. The molecule has 0 bridgehead atoms. The average Bonchev–Trinajstić information content (AvgIpc) is 3.34. The van der Waals surface area contributed by atoms with Crippen molar-refractivity contribution < 1.29 is 32.6 Å². The monoisotopic (exact) mass is 522 g/mol. The van der Waals surface area contributed by atoms with Gasteiger partial charge in [0.2, 0.25) is 11.9 Å². The fraction of sp³-hybridized carbons (Fsp3) is 0.273. The van der Waals surface area contributed by atoms with Gasteiger partial charge in [-0.25, -0.2) is 9.97 Å². The zero-order valence-electron chi connectivity index (χ0n) is 19.0. The van der Waals surface area contributed by atoms with Crippen molar-refractivity contribution in [2.24, 2.45) is 7.05 Å². The third-order valence-electron chi connectivity index (χ3n) is 5.04. The largest absolute Gasteiger partial charge is 0.573 e. The minimum atomic E-state index is -4.78. The first-order valence-electron chi connectivity index (χ1n) is 10.6. The zero-order chi connectivity index (χ0) is 26.0. The number of amides is 2. The van der Waals surface area contributed by atoms with Crippen molar-refractivity contribution in [2.75, 3.05) is 18.4 Å². The minimum absolute atomic E-state index is 0.168. The van der Waals surface area contributed by atoms with Gasteiger partial charge in [0, 0.05) is 31.8 Å². The van der Waals surface area contributed by atoms with Crippen LogP contribution in [0.2, 0.25) is 0 Å². The number of nitrogens with zero attached hydrogens (tertiary/aromatic N) is 3. The number of aliphatic hydroxyl groups is 1. The average molecular weight is 523 g/mol. The first-order valence-corrected chi connectivity index (χ1v) is 11.5. The molecule has 0 radical (unpaired) electrons. The third-order valence-corrected chi connectivity index (χ3v) is 5.98. The van der Waals surface area contributed by atoms with E-state index in [4.69, 9.17) is 5.11 Å². The van der Waals surface area contributed by atoms with E-state index in [1.165, 1.54) is 25.1 Å². The highest BCUT2D eigenvalue weighted by Crippen LogP contribution is 2.33. The minimum Gasteiger partial charge on any atom is -0.406 e. The number of carbonyl (C=O) groups is 2. The Labute approximate surface area is 206 Å². The normalized spacial score (nSPS) is 12.5. The Balaban J connectivity index is 1.46. The van der Waals surface area contributed by atoms with E-state index in [0.717, 1.165) is 16.9 Å². The van der Waals surface area contributed by atoms with Crippen LogP contribution in [0.4, 0.5) is 24.3 Å². The second kappa shape index (κ2) is 9.99. The van der Waals surface area contributed by atoms with E-state index in [1.54, 1.807) is 29.8 Å². The molecule has 36 heavy (non-hydrogen) atoms. The van der Waals surface area contributed by atoms with Gasteiger partial charge in [0.25, 0.3) is 5.91 Å². The van der Waals surface area contributed by atoms with E-state index in [9.17, 15) is 22.8 Å².